The smallest absolute Gasteiger partial charge is 0.242 e. The molecule has 0 atom stereocenters. The fourth-order valence-corrected chi connectivity index (χ4v) is 6.15. The van der Waals surface area contributed by atoms with Crippen LogP contribution < -0.4 is 9.64 Å². The molecule has 200 valence electrons. The number of anilines is 1. The fraction of sp³-hybridized carbons (Fsp3) is 0.367. The molecular formula is C30H36N4O3S. The van der Waals surface area contributed by atoms with Crippen LogP contribution >= 0.6 is 0 Å². The number of imidazole rings is 1. The topological polar surface area (TPSA) is 67.7 Å². The third-order valence-corrected chi connectivity index (χ3v) is 9.22. The van der Waals surface area contributed by atoms with Crippen LogP contribution in [0.4, 0.5) is 5.69 Å². The molecule has 1 aliphatic rings. The SMILES string of the molecule is CCOc1ccccc1Cc1nc2ccccc2n1CC1CCN(c2ccc(S(=O)(=O)N(C)C)cc2)CC1. The lowest BCUT2D eigenvalue weighted by Crippen LogP contribution is -2.35. The number of ether oxygens (including phenoxy) is 1. The Balaban J connectivity index is 1.31. The first-order chi connectivity index (χ1) is 18.4. The molecule has 1 aliphatic heterocycles. The minimum atomic E-state index is -3.41. The maximum Gasteiger partial charge on any atom is 0.242 e. The zero-order valence-corrected chi connectivity index (χ0v) is 23.2. The van der Waals surface area contributed by atoms with E-state index in [0.717, 1.165) is 67.2 Å². The van der Waals surface area contributed by atoms with Crippen molar-refractivity contribution in [1.29, 1.82) is 0 Å². The van der Waals surface area contributed by atoms with Crippen molar-refractivity contribution in [1.82, 2.24) is 13.9 Å². The molecule has 8 heteroatoms. The zero-order chi connectivity index (χ0) is 26.7. The molecule has 4 aromatic rings. The number of hydrogen-bond acceptors (Lipinski definition) is 5. The van der Waals surface area contributed by atoms with E-state index in [1.807, 2.05) is 37.3 Å². The lowest BCUT2D eigenvalue weighted by molar-refractivity contribution is 0.336. The molecular weight excluding hydrogens is 496 g/mol. The van der Waals surface area contributed by atoms with Gasteiger partial charge in [-0.05, 0) is 68.1 Å². The molecule has 1 saturated heterocycles. The molecule has 1 fully saturated rings. The highest BCUT2D eigenvalue weighted by molar-refractivity contribution is 7.89. The van der Waals surface area contributed by atoms with Gasteiger partial charge in [0.25, 0.3) is 0 Å². The molecule has 38 heavy (non-hydrogen) atoms. The molecule has 0 amide bonds. The third kappa shape index (κ3) is 5.42. The fourth-order valence-electron chi connectivity index (χ4n) is 5.25. The van der Waals surface area contributed by atoms with Crippen LogP contribution in [0.25, 0.3) is 11.0 Å². The average molecular weight is 533 g/mol. The van der Waals surface area contributed by atoms with E-state index in [-0.39, 0.29) is 0 Å². The molecule has 7 nitrogen and oxygen atoms in total. The van der Waals surface area contributed by atoms with E-state index >= 15 is 0 Å². The number of nitrogens with zero attached hydrogens (tertiary/aromatic N) is 4. The summed E-state index contributed by atoms with van der Waals surface area (Å²) in [6, 6.07) is 23.9. The van der Waals surface area contributed by atoms with Gasteiger partial charge in [-0.1, -0.05) is 30.3 Å². The van der Waals surface area contributed by atoms with E-state index in [0.29, 0.717) is 17.4 Å². The van der Waals surface area contributed by atoms with Crippen LogP contribution in [0.15, 0.2) is 77.7 Å². The number of para-hydroxylation sites is 3. The molecule has 2 heterocycles. The number of rotatable bonds is 9. The summed E-state index contributed by atoms with van der Waals surface area (Å²) in [4.78, 5) is 7.70. The maximum absolute atomic E-state index is 12.4. The van der Waals surface area contributed by atoms with E-state index in [2.05, 4.69) is 39.8 Å². The Hall–Kier alpha value is -3.36. The minimum absolute atomic E-state index is 0.326. The highest BCUT2D eigenvalue weighted by atomic mass is 32.2. The third-order valence-electron chi connectivity index (χ3n) is 7.39. The number of aromatic nitrogens is 2. The molecule has 3 aromatic carbocycles. The summed E-state index contributed by atoms with van der Waals surface area (Å²) in [5.41, 5.74) is 4.43. The van der Waals surface area contributed by atoms with Crippen LogP contribution in [-0.4, -0.2) is 56.1 Å². The van der Waals surface area contributed by atoms with Gasteiger partial charge in [0.05, 0.1) is 22.5 Å². The first-order valence-electron chi connectivity index (χ1n) is 13.3. The number of fused-ring (bicyclic) bond motifs is 1. The summed E-state index contributed by atoms with van der Waals surface area (Å²) in [5.74, 6) is 2.53. The van der Waals surface area contributed by atoms with Gasteiger partial charge in [0, 0.05) is 51.4 Å². The second-order valence-corrected chi connectivity index (χ2v) is 12.2. The summed E-state index contributed by atoms with van der Waals surface area (Å²) in [7, 11) is -0.302. The minimum Gasteiger partial charge on any atom is -0.494 e. The first-order valence-corrected chi connectivity index (χ1v) is 14.7. The van der Waals surface area contributed by atoms with Crippen molar-refractivity contribution in [3.05, 3.63) is 84.2 Å². The van der Waals surface area contributed by atoms with Crippen LogP contribution in [0.3, 0.4) is 0 Å². The molecule has 0 spiro atoms. The molecule has 5 rings (SSSR count). The van der Waals surface area contributed by atoms with Gasteiger partial charge in [-0.2, -0.15) is 0 Å². The Kier molecular flexibility index (Phi) is 7.72. The van der Waals surface area contributed by atoms with Crippen molar-refractivity contribution >= 4 is 26.7 Å². The van der Waals surface area contributed by atoms with Gasteiger partial charge in [-0.15, -0.1) is 0 Å². The number of sulfonamides is 1. The highest BCUT2D eigenvalue weighted by Crippen LogP contribution is 2.29. The zero-order valence-electron chi connectivity index (χ0n) is 22.4. The van der Waals surface area contributed by atoms with Crippen LogP contribution in [-0.2, 0) is 23.0 Å². The van der Waals surface area contributed by atoms with Crippen molar-refractivity contribution in [2.24, 2.45) is 5.92 Å². The summed E-state index contributed by atoms with van der Waals surface area (Å²) in [5, 5.41) is 0. The Bertz CT molecular complexity index is 1490. The van der Waals surface area contributed by atoms with Gasteiger partial charge in [-0.25, -0.2) is 17.7 Å². The summed E-state index contributed by atoms with van der Waals surface area (Å²) in [6.07, 6.45) is 2.87. The van der Waals surface area contributed by atoms with Crippen molar-refractivity contribution in [3.63, 3.8) is 0 Å². The number of piperidine rings is 1. The van der Waals surface area contributed by atoms with E-state index in [9.17, 15) is 8.42 Å². The molecule has 0 saturated carbocycles. The Morgan fingerprint density at radius 1 is 0.947 bits per heavy atom. The van der Waals surface area contributed by atoms with Gasteiger partial charge in [-0.3, -0.25) is 0 Å². The van der Waals surface area contributed by atoms with E-state index in [1.54, 1.807) is 26.2 Å². The molecule has 0 unspecified atom stereocenters. The van der Waals surface area contributed by atoms with Crippen molar-refractivity contribution in [2.45, 2.75) is 37.6 Å². The van der Waals surface area contributed by atoms with E-state index in [4.69, 9.17) is 9.72 Å². The summed E-state index contributed by atoms with van der Waals surface area (Å²) < 4.78 is 34.3. The Morgan fingerprint density at radius 2 is 1.63 bits per heavy atom. The predicted octanol–water partition coefficient (Wildman–Crippen LogP) is 5.19. The summed E-state index contributed by atoms with van der Waals surface area (Å²) >= 11 is 0. The Morgan fingerprint density at radius 3 is 2.34 bits per heavy atom. The number of hydrogen-bond donors (Lipinski definition) is 0. The summed E-state index contributed by atoms with van der Waals surface area (Å²) in [6.45, 7) is 5.47. The van der Waals surface area contributed by atoms with Gasteiger partial charge < -0.3 is 14.2 Å². The molecule has 1 aromatic heterocycles. The van der Waals surface area contributed by atoms with E-state index in [1.165, 1.54) is 9.82 Å². The van der Waals surface area contributed by atoms with Crippen molar-refractivity contribution < 1.29 is 13.2 Å². The lowest BCUT2D eigenvalue weighted by atomic mass is 9.96. The van der Waals surface area contributed by atoms with Crippen LogP contribution in [0.5, 0.6) is 5.75 Å². The molecule has 0 radical (unpaired) electrons. The quantitative estimate of drug-likeness (QED) is 0.297. The molecule has 0 aliphatic carbocycles. The largest absolute Gasteiger partial charge is 0.494 e. The normalized spacial score (nSPS) is 14.9. The van der Waals surface area contributed by atoms with E-state index < -0.39 is 10.0 Å². The van der Waals surface area contributed by atoms with Crippen LogP contribution in [0.2, 0.25) is 0 Å². The van der Waals surface area contributed by atoms with Gasteiger partial charge >= 0.3 is 0 Å². The van der Waals surface area contributed by atoms with Crippen LogP contribution in [0.1, 0.15) is 31.2 Å². The molecule has 0 bridgehead atoms. The standard InChI is InChI=1S/C30H36N4O3S/c1-4-37-29-12-8-5-9-24(29)21-30-31-27-10-6-7-11-28(27)34(30)22-23-17-19-33(20-18-23)25-13-15-26(16-14-25)38(35,36)32(2)3/h5-16,23H,4,17-22H2,1-3H3. The lowest BCUT2D eigenvalue weighted by Gasteiger charge is -2.34. The second kappa shape index (κ2) is 11.2. The van der Waals surface area contributed by atoms with Crippen LogP contribution in [0, 0.1) is 5.92 Å². The first kappa shape index (κ1) is 26.3. The van der Waals surface area contributed by atoms with Gasteiger partial charge in [0.2, 0.25) is 10.0 Å². The van der Waals surface area contributed by atoms with Crippen molar-refractivity contribution in [3.8, 4) is 5.75 Å². The Labute approximate surface area is 225 Å². The second-order valence-electron chi connectivity index (χ2n) is 10.1. The maximum atomic E-state index is 12.4. The number of benzene rings is 3. The monoisotopic (exact) mass is 532 g/mol. The van der Waals surface area contributed by atoms with Gasteiger partial charge in [0.1, 0.15) is 11.6 Å². The molecule has 0 N–H and O–H groups in total. The average Bonchev–Trinajstić information content (AvgIpc) is 3.27. The van der Waals surface area contributed by atoms with Crippen molar-refractivity contribution in [2.75, 3.05) is 38.7 Å². The predicted molar refractivity (Wildman–Crippen MR) is 152 cm³/mol. The van der Waals surface area contributed by atoms with Gasteiger partial charge in [0.15, 0.2) is 0 Å². The highest BCUT2D eigenvalue weighted by Gasteiger charge is 2.23.